The number of hydrogen-bond donors (Lipinski definition) is 0. The van der Waals surface area contributed by atoms with E-state index in [1.807, 2.05) is 43.3 Å². The first-order valence-electron chi connectivity index (χ1n) is 8.70. The summed E-state index contributed by atoms with van der Waals surface area (Å²) in [4.78, 5) is 26.6. The zero-order valence-electron chi connectivity index (χ0n) is 14.3. The molecule has 124 valence electrons. The third-order valence-corrected chi connectivity index (χ3v) is 4.56. The summed E-state index contributed by atoms with van der Waals surface area (Å²) in [5, 5.41) is 0. The van der Waals surface area contributed by atoms with Gasteiger partial charge in [-0.1, -0.05) is 49.9 Å². The van der Waals surface area contributed by atoms with E-state index in [0.717, 1.165) is 24.0 Å². The van der Waals surface area contributed by atoms with Gasteiger partial charge in [0.25, 0.3) is 11.8 Å². The SMILES string of the molecule is CCCCCCc1ccc2c(c1)C(=O)N(c1ccc(C)cc1)C2=O. The number of carbonyl (C=O) groups is 2. The van der Waals surface area contributed by atoms with E-state index in [2.05, 4.69) is 6.92 Å². The molecule has 0 spiro atoms. The summed E-state index contributed by atoms with van der Waals surface area (Å²) in [5.41, 5.74) is 3.92. The fraction of sp³-hybridized carbons (Fsp3) is 0.333. The van der Waals surface area contributed by atoms with Gasteiger partial charge in [0.2, 0.25) is 0 Å². The Balaban J connectivity index is 1.82. The van der Waals surface area contributed by atoms with Crippen molar-refractivity contribution in [1.82, 2.24) is 0 Å². The molecular formula is C21H23NO2. The number of anilines is 1. The van der Waals surface area contributed by atoms with Crippen molar-refractivity contribution in [1.29, 1.82) is 0 Å². The van der Waals surface area contributed by atoms with Gasteiger partial charge in [-0.15, -0.1) is 0 Å². The maximum Gasteiger partial charge on any atom is 0.266 e. The van der Waals surface area contributed by atoms with Crippen molar-refractivity contribution in [2.75, 3.05) is 4.90 Å². The lowest BCUT2D eigenvalue weighted by Gasteiger charge is -2.13. The minimum Gasteiger partial charge on any atom is -0.268 e. The summed E-state index contributed by atoms with van der Waals surface area (Å²) in [6, 6.07) is 13.2. The highest BCUT2D eigenvalue weighted by Crippen LogP contribution is 2.29. The molecule has 0 N–H and O–H groups in total. The van der Waals surface area contributed by atoms with Crippen molar-refractivity contribution in [3.8, 4) is 0 Å². The van der Waals surface area contributed by atoms with Gasteiger partial charge >= 0.3 is 0 Å². The van der Waals surface area contributed by atoms with Crippen LogP contribution in [0, 0.1) is 6.92 Å². The van der Waals surface area contributed by atoms with Crippen LogP contribution in [-0.4, -0.2) is 11.8 Å². The smallest absolute Gasteiger partial charge is 0.266 e. The summed E-state index contributed by atoms with van der Waals surface area (Å²) in [7, 11) is 0. The van der Waals surface area contributed by atoms with Crippen molar-refractivity contribution in [3.05, 3.63) is 64.7 Å². The van der Waals surface area contributed by atoms with Gasteiger partial charge in [0.15, 0.2) is 0 Å². The summed E-state index contributed by atoms with van der Waals surface area (Å²) in [5.74, 6) is -0.439. The summed E-state index contributed by atoms with van der Waals surface area (Å²) in [6.07, 6.45) is 5.73. The van der Waals surface area contributed by atoms with E-state index in [1.165, 1.54) is 24.2 Å². The molecule has 2 aromatic rings. The van der Waals surface area contributed by atoms with E-state index in [0.29, 0.717) is 16.8 Å². The molecule has 1 aliphatic rings. The van der Waals surface area contributed by atoms with E-state index in [4.69, 9.17) is 0 Å². The third kappa shape index (κ3) is 3.12. The van der Waals surface area contributed by atoms with E-state index < -0.39 is 0 Å². The second-order valence-corrected chi connectivity index (χ2v) is 6.47. The molecule has 1 heterocycles. The molecule has 2 aromatic carbocycles. The summed E-state index contributed by atoms with van der Waals surface area (Å²) >= 11 is 0. The van der Waals surface area contributed by atoms with E-state index >= 15 is 0 Å². The predicted octanol–water partition coefficient (Wildman–Crippen LogP) is 4.92. The standard InChI is InChI=1S/C21H23NO2/c1-3-4-5-6-7-16-10-13-18-19(14-16)21(24)22(20(18)23)17-11-8-15(2)9-12-17/h8-14H,3-7H2,1-2H3. The highest BCUT2D eigenvalue weighted by atomic mass is 16.2. The fourth-order valence-corrected chi connectivity index (χ4v) is 3.13. The lowest BCUT2D eigenvalue weighted by Crippen LogP contribution is -2.29. The van der Waals surface area contributed by atoms with Gasteiger partial charge in [-0.2, -0.15) is 0 Å². The largest absolute Gasteiger partial charge is 0.268 e. The van der Waals surface area contributed by atoms with Crippen LogP contribution < -0.4 is 4.90 Å². The van der Waals surface area contributed by atoms with Gasteiger partial charge in [-0.3, -0.25) is 9.59 Å². The lowest BCUT2D eigenvalue weighted by atomic mass is 10.0. The number of imide groups is 1. The number of amides is 2. The number of benzene rings is 2. The van der Waals surface area contributed by atoms with Gasteiger partial charge in [0.1, 0.15) is 0 Å². The number of hydrogen-bond acceptors (Lipinski definition) is 2. The van der Waals surface area contributed by atoms with Crippen molar-refractivity contribution in [3.63, 3.8) is 0 Å². The molecule has 0 aromatic heterocycles. The number of nitrogens with zero attached hydrogens (tertiary/aromatic N) is 1. The molecule has 3 nitrogen and oxygen atoms in total. The average molecular weight is 321 g/mol. The zero-order valence-corrected chi connectivity index (χ0v) is 14.3. The third-order valence-electron chi connectivity index (χ3n) is 4.56. The fourth-order valence-electron chi connectivity index (χ4n) is 3.13. The maximum absolute atomic E-state index is 12.7. The van der Waals surface area contributed by atoms with E-state index in [9.17, 15) is 9.59 Å². The Morgan fingerprint density at radius 3 is 2.25 bits per heavy atom. The predicted molar refractivity (Wildman–Crippen MR) is 96.6 cm³/mol. The number of carbonyl (C=O) groups excluding carboxylic acids is 2. The van der Waals surface area contributed by atoms with E-state index in [-0.39, 0.29) is 11.8 Å². The number of aryl methyl sites for hydroxylation is 2. The Kier molecular flexibility index (Phi) is 4.79. The molecule has 2 amide bonds. The van der Waals surface area contributed by atoms with E-state index in [1.54, 1.807) is 6.07 Å². The molecule has 1 aliphatic heterocycles. The van der Waals surface area contributed by atoms with Crippen LogP contribution in [0.4, 0.5) is 5.69 Å². The van der Waals surface area contributed by atoms with Crippen LogP contribution >= 0.6 is 0 Å². The Morgan fingerprint density at radius 1 is 0.833 bits per heavy atom. The summed E-state index contributed by atoms with van der Waals surface area (Å²) < 4.78 is 0. The number of unbranched alkanes of at least 4 members (excludes halogenated alkanes) is 3. The molecular weight excluding hydrogens is 298 g/mol. The Hall–Kier alpha value is -2.42. The minimum atomic E-state index is -0.226. The Bertz CT molecular complexity index is 762. The van der Waals surface area contributed by atoms with Crippen LogP contribution in [0.3, 0.4) is 0 Å². The molecule has 0 radical (unpaired) electrons. The van der Waals surface area contributed by atoms with Gasteiger partial charge in [-0.25, -0.2) is 4.90 Å². The minimum absolute atomic E-state index is 0.214. The second kappa shape index (κ2) is 7.00. The average Bonchev–Trinajstić information content (AvgIpc) is 2.84. The zero-order chi connectivity index (χ0) is 17.1. The molecule has 0 bridgehead atoms. The van der Waals surface area contributed by atoms with Gasteiger partial charge in [-0.05, 0) is 49.6 Å². The summed E-state index contributed by atoms with van der Waals surface area (Å²) in [6.45, 7) is 4.18. The molecule has 0 saturated heterocycles. The van der Waals surface area contributed by atoms with Crippen LogP contribution in [0.25, 0.3) is 0 Å². The number of rotatable bonds is 6. The van der Waals surface area contributed by atoms with Crippen molar-refractivity contribution in [2.24, 2.45) is 0 Å². The Morgan fingerprint density at radius 2 is 1.54 bits per heavy atom. The van der Waals surface area contributed by atoms with Crippen LogP contribution in [0.1, 0.15) is 64.4 Å². The van der Waals surface area contributed by atoms with Gasteiger partial charge in [0, 0.05) is 0 Å². The molecule has 0 atom stereocenters. The first-order valence-corrected chi connectivity index (χ1v) is 8.70. The molecule has 3 rings (SSSR count). The quantitative estimate of drug-likeness (QED) is 0.559. The van der Waals surface area contributed by atoms with Crippen molar-refractivity contribution >= 4 is 17.5 Å². The first kappa shape index (κ1) is 16.4. The molecule has 0 aliphatic carbocycles. The normalized spacial score (nSPS) is 13.5. The van der Waals surface area contributed by atoms with Gasteiger partial charge < -0.3 is 0 Å². The van der Waals surface area contributed by atoms with Crippen molar-refractivity contribution < 1.29 is 9.59 Å². The number of fused-ring (bicyclic) bond motifs is 1. The van der Waals surface area contributed by atoms with Crippen molar-refractivity contribution in [2.45, 2.75) is 46.0 Å². The van der Waals surface area contributed by atoms with Crippen LogP contribution in [0.5, 0.6) is 0 Å². The van der Waals surface area contributed by atoms with Gasteiger partial charge in [0.05, 0.1) is 16.8 Å². The molecule has 0 saturated carbocycles. The molecule has 24 heavy (non-hydrogen) atoms. The lowest BCUT2D eigenvalue weighted by molar-refractivity contribution is 0.0926. The van der Waals surface area contributed by atoms with Crippen LogP contribution in [0.2, 0.25) is 0 Å². The van der Waals surface area contributed by atoms with Crippen LogP contribution in [0.15, 0.2) is 42.5 Å². The second-order valence-electron chi connectivity index (χ2n) is 6.47. The molecule has 0 unspecified atom stereocenters. The topological polar surface area (TPSA) is 37.4 Å². The van der Waals surface area contributed by atoms with Crippen LogP contribution in [-0.2, 0) is 6.42 Å². The highest BCUT2D eigenvalue weighted by molar-refractivity contribution is 6.34. The molecule has 3 heteroatoms. The maximum atomic E-state index is 12.7. The highest BCUT2D eigenvalue weighted by Gasteiger charge is 2.36. The Labute approximate surface area is 143 Å². The first-order chi connectivity index (χ1) is 11.6. The molecule has 0 fully saturated rings. The monoisotopic (exact) mass is 321 g/mol.